The zero-order valence-corrected chi connectivity index (χ0v) is 22.8. The van der Waals surface area contributed by atoms with Crippen LogP contribution in [0.15, 0.2) is 65.8 Å². The zero-order valence-electron chi connectivity index (χ0n) is 21.2. The molecule has 10 nitrogen and oxygen atoms in total. The molecule has 0 spiro atoms. The number of rotatable bonds is 9. The number of carbonyl (C=O) groups excluding carboxylic acids is 1. The molecule has 1 amide bonds. The molecule has 39 heavy (non-hydrogen) atoms. The maximum absolute atomic E-state index is 13.5. The summed E-state index contributed by atoms with van der Waals surface area (Å²) in [5.41, 5.74) is 2.52. The summed E-state index contributed by atoms with van der Waals surface area (Å²) < 4.78 is 19.8. The highest BCUT2D eigenvalue weighted by Gasteiger charge is 2.51. The molecular weight excluding hydrogens is 540 g/mol. The first-order valence-corrected chi connectivity index (χ1v) is 14.2. The van der Waals surface area contributed by atoms with Crippen LogP contribution in [0.1, 0.15) is 25.8 Å². The number of amides is 1. The van der Waals surface area contributed by atoms with Gasteiger partial charge in [-0.3, -0.25) is 9.69 Å². The van der Waals surface area contributed by atoms with Gasteiger partial charge in [0.25, 0.3) is 5.91 Å². The normalized spacial score (nSPS) is 22.3. The van der Waals surface area contributed by atoms with Crippen LogP contribution < -0.4 is 4.90 Å². The Labute approximate surface area is 234 Å². The second-order valence-electron chi connectivity index (χ2n) is 9.28. The predicted octanol–water partition coefficient (Wildman–Crippen LogP) is 4.81. The maximum atomic E-state index is 13.5. The number of carbonyl (C=O) groups is 1. The standard InChI is InChI=1S/C27H27ClN6O4S/c1-2-13-39-27-29-25(28)22-26(30-27)34(32-31-22)19-14-20(24-23(19)37-16-38-24)36-15-21(35)33(17-9-5-3-6-10-17)18-11-7-4-8-12-18/h3-12,19-20,23-24H,2,13-16H2,1H3/t19-,20+,23+,24-/m1/s1. The first kappa shape index (κ1) is 26.1. The first-order valence-electron chi connectivity index (χ1n) is 12.8. The predicted molar refractivity (Wildman–Crippen MR) is 147 cm³/mol. The molecule has 4 aromatic rings. The molecule has 0 radical (unpaired) electrons. The van der Waals surface area contributed by atoms with E-state index in [1.165, 1.54) is 11.8 Å². The van der Waals surface area contributed by atoms with E-state index in [2.05, 4.69) is 27.2 Å². The minimum Gasteiger partial charge on any atom is -0.365 e. The number of halogens is 1. The molecule has 2 aromatic heterocycles. The highest BCUT2D eigenvalue weighted by atomic mass is 35.5. The van der Waals surface area contributed by atoms with Crippen molar-refractivity contribution in [3.8, 4) is 0 Å². The van der Waals surface area contributed by atoms with Gasteiger partial charge >= 0.3 is 0 Å². The topological polar surface area (TPSA) is 104 Å². The van der Waals surface area contributed by atoms with Gasteiger partial charge in [0.05, 0.1) is 12.1 Å². The van der Waals surface area contributed by atoms with Crippen LogP contribution in [0.25, 0.3) is 11.2 Å². The average molecular weight is 567 g/mol. The fourth-order valence-corrected chi connectivity index (χ4v) is 5.98. The van der Waals surface area contributed by atoms with Crippen molar-refractivity contribution in [3.63, 3.8) is 0 Å². The molecule has 1 saturated carbocycles. The van der Waals surface area contributed by atoms with E-state index in [4.69, 9.17) is 25.8 Å². The van der Waals surface area contributed by atoms with Crippen LogP contribution in [0.5, 0.6) is 0 Å². The number of nitrogens with zero attached hydrogens (tertiary/aromatic N) is 6. The Morgan fingerprint density at radius 3 is 2.46 bits per heavy atom. The van der Waals surface area contributed by atoms with Crippen molar-refractivity contribution in [2.75, 3.05) is 24.1 Å². The Balaban J connectivity index is 1.22. The summed E-state index contributed by atoms with van der Waals surface area (Å²) in [6.45, 7) is 2.11. The lowest BCUT2D eigenvalue weighted by Crippen LogP contribution is -2.35. The molecule has 0 bridgehead atoms. The number of thioether (sulfide) groups is 1. The molecule has 2 aliphatic rings. The summed E-state index contributed by atoms with van der Waals surface area (Å²) in [5.74, 6) is 0.691. The molecule has 2 fully saturated rings. The summed E-state index contributed by atoms with van der Waals surface area (Å²) >= 11 is 7.95. The zero-order chi connectivity index (χ0) is 26.8. The van der Waals surface area contributed by atoms with Crippen molar-refractivity contribution in [1.29, 1.82) is 0 Å². The summed E-state index contributed by atoms with van der Waals surface area (Å²) in [7, 11) is 0. The SMILES string of the molecule is CCCSc1nc(Cl)c2nnn([C@@H]3C[C@H](OCC(=O)N(c4ccccc4)c4ccccc4)[C@H]4OCO[C@H]43)c2n1. The highest BCUT2D eigenvalue weighted by molar-refractivity contribution is 7.99. The Hall–Kier alpha value is -3.09. The third-order valence-electron chi connectivity index (χ3n) is 6.77. The van der Waals surface area contributed by atoms with Gasteiger partial charge in [-0.2, -0.15) is 0 Å². The molecule has 6 rings (SSSR count). The summed E-state index contributed by atoms with van der Waals surface area (Å²) in [5, 5.41) is 9.45. The van der Waals surface area contributed by atoms with Gasteiger partial charge in [0, 0.05) is 23.5 Å². The first-order chi connectivity index (χ1) is 19.1. The monoisotopic (exact) mass is 566 g/mol. The number of anilines is 2. The van der Waals surface area contributed by atoms with Crippen molar-refractivity contribution >= 4 is 51.8 Å². The van der Waals surface area contributed by atoms with Gasteiger partial charge in [-0.1, -0.05) is 71.9 Å². The molecule has 0 N–H and O–H groups in total. The van der Waals surface area contributed by atoms with E-state index in [9.17, 15) is 4.79 Å². The number of para-hydroxylation sites is 2. The van der Waals surface area contributed by atoms with Gasteiger partial charge in [0.15, 0.2) is 21.5 Å². The Bertz CT molecular complexity index is 1400. The van der Waals surface area contributed by atoms with Crippen molar-refractivity contribution in [2.24, 2.45) is 0 Å². The molecule has 1 aliphatic heterocycles. The maximum Gasteiger partial charge on any atom is 0.257 e. The minimum absolute atomic E-state index is 0.127. The fraction of sp³-hybridized carbons (Fsp3) is 0.370. The number of aromatic nitrogens is 5. The summed E-state index contributed by atoms with van der Waals surface area (Å²) in [6, 6.07) is 18.8. The van der Waals surface area contributed by atoms with Crippen molar-refractivity contribution in [1.82, 2.24) is 25.0 Å². The van der Waals surface area contributed by atoms with E-state index in [0.717, 1.165) is 23.5 Å². The number of fused-ring (bicyclic) bond motifs is 2. The van der Waals surface area contributed by atoms with Crippen LogP contribution >= 0.6 is 23.4 Å². The number of benzene rings is 2. The van der Waals surface area contributed by atoms with E-state index < -0.39 is 0 Å². The van der Waals surface area contributed by atoms with Crippen LogP contribution in [0.4, 0.5) is 11.4 Å². The van der Waals surface area contributed by atoms with Crippen LogP contribution in [0.2, 0.25) is 5.15 Å². The van der Waals surface area contributed by atoms with Crippen LogP contribution in [-0.4, -0.2) is 68.3 Å². The van der Waals surface area contributed by atoms with E-state index in [0.29, 0.717) is 22.7 Å². The molecule has 2 aromatic carbocycles. The molecule has 12 heteroatoms. The van der Waals surface area contributed by atoms with Crippen molar-refractivity contribution in [2.45, 2.75) is 49.3 Å². The molecule has 1 aliphatic carbocycles. The minimum atomic E-state index is -0.384. The average Bonchev–Trinajstić information content (AvgIpc) is 3.68. The number of ether oxygens (including phenoxy) is 3. The summed E-state index contributed by atoms with van der Waals surface area (Å²) in [4.78, 5) is 24.2. The number of hydrogen-bond donors (Lipinski definition) is 0. The van der Waals surface area contributed by atoms with Gasteiger partial charge < -0.3 is 14.2 Å². The third-order valence-corrected chi connectivity index (χ3v) is 8.09. The third kappa shape index (κ3) is 5.24. The van der Waals surface area contributed by atoms with Gasteiger partial charge in [0.1, 0.15) is 25.6 Å². The van der Waals surface area contributed by atoms with Gasteiger partial charge in [-0.25, -0.2) is 14.6 Å². The van der Waals surface area contributed by atoms with Crippen molar-refractivity contribution in [3.05, 3.63) is 65.8 Å². The van der Waals surface area contributed by atoms with E-state index in [-0.39, 0.29) is 48.8 Å². The molecule has 3 heterocycles. The Morgan fingerprint density at radius 2 is 1.77 bits per heavy atom. The lowest BCUT2D eigenvalue weighted by atomic mass is 10.2. The quantitative estimate of drug-likeness (QED) is 0.160. The Kier molecular flexibility index (Phi) is 7.76. The highest BCUT2D eigenvalue weighted by Crippen LogP contribution is 2.41. The van der Waals surface area contributed by atoms with Gasteiger partial charge in [-0.15, -0.1) is 5.10 Å². The van der Waals surface area contributed by atoms with Crippen LogP contribution in [0, 0.1) is 0 Å². The van der Waals surface area contributed by atoms with Crippen LogP contribution in [0.3, 0.4) is 0 Å². The molecule has 202 valence electrons. The summed E-state index contributed by atoms with van der Waals surface area (Å²) in [6.07, 6.45) is 0.439. The Morgan fingerprint density at radius 1 is 1.08 bits per heavy atom. The molecule has 0 unspecified atom stereocenters. The smallest absolute Gasteiger partial charge is 0.257 e. The lowest BCUT2D eigenvalue weighted by Gasteiger charge is -2.24. The number of hydrogen-bond acceptors (Lipinski definition) is 9. The van der Waals surface area contributed by atoms with Gasteiger partial charge in [0.2, 0.25) is 0 Å². The molecule has 4 atom stereocenters. The van der Waals surface area contributed by atoms with E-state index in [1.807, 2.05) is 60.7 Å². The molecule has 1 saturated heterocycles. The second-order valence-corrected chi connectivity index (χ2v) is 10.7. The second kappa shape index (κ2) is 11.6. The van der Waals surface area contributed by atoms with E-state index in [1.54, 1.807) is 9.58 Å². The van der Waals surface area contributed by atoms with Crippen LogP contribution in [-0.2, 0) is 19.0 Å². The molecular formula is C27H27ClN6O4S. The lowest BCUT2D eigenvalue weighted by molar-refractivity contribution is -0.127. The van der Waals surface area contributed by atoms with E-state index >= 15 is 0 Å². The van der Waals surface area contributed by atoms with Gasteiger partial charge in [-0.05, 0) is 30.7 Å². The van der Waals surface area contributed by atoms with Crippen molar-refractivity contribution < 1.29 is 19.0 Å². The fourth-order valence-electron chi connectivity index (χ4n) is 5.04. The largest absolute Gasteiger partial charge is 0.365 e.